The molecule has 0 bridgehead atoms. The third-order valence-electron chi connectivity index (χ3n) is 4.75. The Morgan fingerprint density at radius 3 is 2.43 bits per heavy atom. The number of nitrogens with one attached hydrogen (secondary N) is 1. The van der Waals surface area contributed by atoms with E-state index in [-0.39, 0.29) is 5.60 Å². The molecule has 0 amide bonds. The van der Waals surface area contributed by atoms with Gasteiger partial charge in [-0.15, -0.1) is 0 Å². The second kappa shape index (κ2) is 8.30. The zero-order valence-electron chi connectivity index (χ0n) is 13.3. The first-order valence-electron chi connectivity index (χ1n) is 8.26. The summed E-state index contributed by atoms with van der Waals surface area (Å²) in [6, 6.07) is 8.90. The minimum Gasteiger partial charge on any atom is -0.374 e. The lowest BCUT2D eigenvalue weighted by molar-refractivity contribution is -0.0752. The molecule has 1 aromatic carbocycles. The fraction of sp³-hybridized carbons (Fsp3) is 0.667. The van der Waals surface area contributed by atoms with Crippen molar-refractivity contribution in [2.24, 2.45) is 0 Å². The highest BCUT2D eigenvalue weighted by molar-refractivity contribution is 9.10. The van der Waals surface area contributed by atoms with Crippen molar-refractivity contribution >= 4 is 15.9 Å². The van der Waals surface area contributed by atoms with Gasteiger partial charge in [0.1, 0.15) is 0 Å². The van der Waals surface area contributed by atoms with Crippen molar-refractivity contribution in [2.45, 2.75) is 63.5 Å². The molecule has 1 N–H and O–H groups in total. The molecular formula is C18H28BrNO. The van der Waals surface area contributed by atoms with E-state index in [9.17, 15) is 0 Å². The number of hydrogen-bond acceptors (Lipinski definition) is 2. The molecule has 0 radical (unpaired) electrons. The van der Waals surface area contributed by atoms with Gasteiger partial charge in [-0.25, -0.2) is 0 Å². The highest BCUT2D eigenvalue weighted by Crippen LogP contribution is 2.35. The normalized spacial score (nSPS) is 20.0. The summed E-state index contributed by atoms with van der Waals surface area (Å²) in [5.41, 5.74) is 1.36. The third-order valence-corrected chi connectivity index (χ3v) is 5.52. The molecule has 3 heteroatoms. The molecule has 2 rings (SSSR count). The molecule has 1 aliphatic carbocycles. The largest absolute Gasteiger partial charge is 0.374 e. The van der Waals surface area contributed by atoms with Crippen LogP contribution in [-0.4, -0.2) is 25.3 Å². The van der Waals surface area contributed by atoms with Gasteiger partial charge in [0.05, 0.1) is 5.60 Å². The number of benzene rings is 1. The maximum Gasteiger partial charge on any atom is 0.0837 e. The van der Waals surface area contributed by atoms with Crippen molar-refractivity contribution in [3.05, 3.63) is 34.3 Å². The second-order valence-electron chi connectivity index (χ2n) is 6.05. The van der Waals surface area contributed by atoms with Crippen LogP contribution in [0, 0.1) is 0 Å². The molecule has 21 heavy (non-hydrogen) atoms. The highest BCUT2D eigenvalue weighted by atomic mass is 79.9. The Balaban J connectivity index is 2.20. The van der Waals surface area contributed by atoms with Crippen molar-refractivity contribution in [1.82, 2.24) is 5.32 Å². The molecule has 1 unspecified atom stereocenters. The zero-order valence-corrected chi connectivity index (χ0v) is 14.9. The van der Waals surface area contributed by atoms with E-state index in [4.69, 9.17) is 4.74 Å². The lowest BCUT2D eigenvalue weighted by Crippen LogP contribution is -2.52. The van der Waals surface area contributed by atoms with Crippen molar-refractivity contribution in [3.8, 4) is 0 Å². The fourth-order valence-electron chi connectivity index (χ4n) is 3.64. The van der Waals surface area contributed by atoms with E-state index in [1.807, 2.05) is 0 Å². The summed E-state index contributed by atoms with van der Waals surface area (Å²) in [7, 11) is 2.08. The molecule has 1 atom stereocenters. The van der Waals surface area contributed by atoms with Gasteiger partial charge in [0.2, 0.25) is 0 Å². The van der Waals surface area contributed by atoms with Gasteiger partial charge < -0.3 is 10.1 Å². The van der Waals surface area contributed by atoms with Crippen LogP contribution in [-0.2, 0) is 11.2 Å². The van der Waals surface area contributed by atoms with E-state index in [1.165, 1.54) is 48.6 Å². The van der Waals surface area contributed by atoms with Crippen LogP contribution in [0.25, 0.3) is 0 Å². The Morgan fingerprint density at radius 2 is 1.86 bits per heavy atom. The summed E-state index contributed by atoms with van der Waals surface area (Å²) in [6.45, 7) is 2.92. The second-order valence-corrected chi connectivity index (χ2v) is 6.90. The lowest BCUT2D eigenvalue weighted by atomic mass is 9.82. The maximum absolute atomic E-state index is 6.34. The number of ether oxygens (including phenoxy) is 1. The Labute approximate surface area is 137 Å². The van der Waals surface area contributed by atoms with Crippen LogP contribution in [0.3, 0.4) is 0 Å². The topological polar surface area (TPSA) is 21.3 Å². The maximum atomic E-state index is 6.34. The predicted molar refractivity (Wildman–Crippen MR) is 92.8 cm³/mol. The molecule has 1 aliphatic rings. The van der Waals surface area contributed by atoms with Crippen LogP contribution in [0.2, 0.25) is 0 Å². The predicted octanol–water partition coefficient (Wildman–Crippen LogP) is 4.71. The highest BCUT2D eigenvalue weighted by Gasteiger charge is 2.39. The van der Waals surface area contributed by atoms with Gasteiger partial charge in [0, 0.05) is 17.1 Å². The van der Waals surface area contributed by atoms with E-state index < -0.39 is 0 Å². The van der Waals surface area contributed by atoms with E-state index in [0.717, 1.165) is 13.0 Å². The van der Waals surface area contributed by atoms with E-state index in [1.54, 1.807) is 0 Å². The smallest absolute Gasteiger partial charge is 0.0837 e. The molecule has 0 aliphatic heterocycles. The molecule has 1 aromatic rings. The first-order chi connectivity index (χ1) is 10.2. The van der Waals surface area contributed by atoms with E-state index in [0.29, 0.717) is 6.04 Å². The first kappa shape index (κ1) is 17.0. The van der Waals surface area contributed by atoms with Crippen molar-refractivity contribution in [2.75, 3.05) is 13.7 Å². The van der Waals surface area contributed by atoms with Gasteiger partial charge in [0.15, 0.2) is 0 Å². The number of halogens is 1. The summed E-state index contributed by atoms with van der Waals surface area (Å²) >= 11 is 3.68. The Kier molecular flexibility index (Phi) is 6.72. The van der Waals surface area contributed by atoms with Crippen molar-refractivity contribution in [3.63, 3.8) is 0 Å². The standard InChI is InChI=1S/C18H28BrNO/c1-3-21-18(12-8-4-5-9-13-18)17(20-2)14-15-10-6-7-11-16(15)19/h6-7,10-11,17,20H,3-5,8-9,12-14H2,1-2H3. The van der Waals surface area contributed by atoms with Crippen LogP contribution in [0.1, 0.15) is 51.0 Å². The van der Waals surface area contributed by atoms with Crippen molar-refractivity contribution in [1.29, 1.82) is 0 Å². The fourth-order valence-corrected chi connectivity index (χ4v) is 4.09. The molecule has 1 fully saturated rings. The molecule has 0 spiro atoms. The van der Waals surface area contributed by atoms with Gasteiger partial charge in [0.25, 0.3) is 0 Å². The third kappa shape index (κ3) is 4.30. The molecule has 0 heterocycles. The van der Waals surface area contributed by atoms with Crippen molar-refractivity contribution < 1.29 is 4.74 Å². The van der Waals surface area contributed by atoms with Gasteiger partial charge in [-0.2, -0.15) is 0 Å². The van der Waals surface area contributed by atoms with Gasteiger partial charge in [-0.05, 0) is 44.9 Å². The summed E-state index contributed by atoms with van der Waals surface area (Å²) in [6.07, 6.45) is 8.63. The Hall–Kier alpha value is -0.380. The SMILES string of the molecule is CCOC1(C(Cc2ccccc2Br)NC)CCCCCC1. The average molecular weight is 354 g/mol. The molecule has 1 saturated carbocycles. The molecular weight excluding hydrogens is 326 g/mol. The lowest BCUT2D eigenvalue weighted by Gasteiger charge is -2.40. The van der Waals surface area contributed by atoms with Crippen LogP contribution >= 0.6 is 15.9 Å². The van der Waals surface area contributed by atoms with E-state index in [2.05, 4.69) is 59.5 Å². The summed E-state index contributed by atoms with van der Waals surface area (Å²) in [4.78, 5) is 0. The summed E-state index contributed by atoms with van der Waals surface area (Å²) in [5.74, 6) is 0. The minimum absolute atomic E-state index is 0.00468. The number of likely N-dealkylation sites (N-methyl/N-ethyl adjacent to an activating group) is 1. The molecule has 118 valence electrons. The molecule has 0 aromatic heterocycles. The van der Waals surface area contributed by atoms with Gasteiger partial charge >= 0.3 is 0 Å². The van der Waals surface area contributed by atoms with Crippen LogP contribution in [0.5, 0.6) is 0 Å². The molecule has 2 nitrogen and oxygen atoms in total. The van der Waals surface area contributed by atoms with Gasteiger partial charge in [-0.3, -0.25) is 0 Å². The monoisotopic (exact) mass is 353 g/mol. The zero-order chi connectivity index (χ0) is 15.1. The van der Waals surface area contributed by atoms with Gasteiger partial charge in [-0.1, -0.05) is 59.8 Å². The number of hydrogen-bond donors (Lipinski definition) is 1. The first-order valence-corrected chi connectivity index (χ1v) is 9.06. The minimum atomic E-state index is -0.00468. The molecule has 0 saturated heterocycles. The number of rotatable bonds is 6. The van der Waals surface area contributed by atoms with Crippen LogP contribution < -0.4 is 5.32 Å². The van der Waals surface area contributed by atoms with Crippen LogP contribution in [0.15, 0.2) is 28.7 Å². The average Bonchev–Trinajstić information content (AvgIpc) is 2.73. The van der Waals surface area contributed by atoms with E-state index >= 15 is 0 Å². The summed E-state index contributed by atoms with van der Waals surface area (Å²) < 4.78 is 7.54. The Bertz CT molecular complexity index is 427. The Morgan fingerprint density at radius 1 is 1.19 bits per heavy atom. The van der Waals surface area contributed by atoms with Crippen LogP contribution in [0.4, 0.5) is 0 Å². The summed E-state index contributed by atoms with van der Waals surface area (Å²) in [5, 5.41) is 3.56. The quantitative estimate of drug-likeness (QED) is 0.747.